The molecular formula is C12H16N4O. The van der Waals surface area contributed by atoms with Crippen molar-refractivity contribution in [3.63, 3.8) is 0 Å². The molecule has 1 heterocycles. The van der Waals surface area contributed by atoms with Gasteiger partial charge in [-0.3, -0.25) is 9.89 Å². The number of aromatic nitrogens is 3. The van der Waals surface area contributed by atoms with Crippen molar-refractivity contribution in [1.82, 2.24) is 20.5 Å². The minimum atomic E-state index is -0.104. The lowest BCUT2D eigenvalue weighted by Gasteiger charge is -2.19. The molecule has 3 rings (SSSR count). The average Bonchev–Trinajstić information content (AvgIpc) is 3.05. The van der Waals surface area contributed by atoms with Crippen LogP contribution in [0.4, 0.5) is 0 Å². The summed E-state index contributed by atoms with van der Waals surface area (Å²) in [6.45, 7) is 1.92. The number of H-pyrrole nitrogens is 1. The van der Waals surface area contributed by atoms with Gasteiger partial charge >= 0.3 is 0 Å². The Bertz CT molecular complexity index is 439. The molecule has 0 aromatic carbocycles. The second-order valence-electron chi connectivity index (χ2n) is 4.99. The molecule has 1 saturated carbocycles. The number of rotatable bonds is 3. The van der Waals surface area contributed by atoms with Gasteiger partial charge < -0.3 is 5.32 Å². The van der Waals surface area contributed by atoms with Crippen molar-refractivity contribution in [1.29, 1.82) is 0 Å². The van der Waals surface area contributed by atoms with Crippen LogP contribution < -0.4 is 5.32 Å². The first-order valence-electron chi connectivity index (χ1n) is 6.08. The smallest absolute Gasteiger partial charge is 0.224 e. The topological polar surface area (TPSA) is 70.7 Å². The number of aromatic amines is 1. The lowest BCUT2D eigenvalue weighted by molar-refractivity contribution is -0.126. The molecule has 4 unspecified atom stereocenters. The Morgan fingerprint density at radius 3 is 3.00 bits per heavy atom. The van der Waals surface area contributed by atoms with E-state index in [4.69, 9.17) is 0 Å². The number of carbonyl (C=O) groups excluding carboxylic acids is 1. The molecule has 5 nitrogen and oxygen atoms in total. The zero-order chi connectivity index (χ0) is 11.8. The third-order valence-corrected chi connectivity index (χ3v) is 3.82. The molecule has 0 radical (unpaired) electrons. The van der Waals surface area contributed by atoms with Crippen molar-refractivity contribution in [2.45, 2.75) is 25.8 Å². The van der Waals surface area contributed by atoms with Crippen molar-refractivity contribution < 1.29 is 4.79 Å². The number of carbonyl (C=O) groups is 1. The molecule has 0 saturated heterocycles. The van der Waals surface area contributed by atoms with Crippen LogP contribution in [0, 0.1) is 17.8 Å². The highest BCUT2D eigenvalue weighted by Crippen LogP contribution is 2.43. The highest BCUT2D eigenvalue weighted by molar-refractivity contribution is 5.80. The second kappa shape index (κ2) is 3.98. The van der Waals surface area contributed by atoms with E-state index < -0.39 is 0 Å². The van der Waals surface area contributed by atoms with E-state index in [-0.39, 0.29) is 17.9 Å². The predicted octanol–water partition coefficient (Wildman–Crippen LogP) is 1.19. The third-order valence-electron chi connectivity index (χ3n) is 3.82. The molecule has 0 aliphatic heterocycles. The molecule has 1 amide bonds. The Morgan fingerprint density at radius 1 is 1.53 bits per heavy atom. The molecule has 0 spiro atoms. The summed E-state index contributed by atoms with van der Waals surface area (Å²) in [6.07, 6.45) is 8.04. The van der Waals surface area contributed by atoms with Crippen LogP contribution in [-0.4, -0.2) is 21.1 Å². The fourth-order valence-electron chi connectivity index (χ4n) is 2.89. The quantitative estimate of drug-likeness (QED) is 0.769. The van der Waals surface area contributed by atoms with Crippen LogP contribution in [0.15, 0.2) is 18.5 Å². The van der Waals surface area contributed by atoms with Gasteiger partial charge in [-0.15, -0.1) is 0 Å². The normalized spacial score (nSPS) is 31.7. The largest absolute Gasteiger partial charge is 0.346 e. The molecular weight excluding hydrogens is 216 g/mol. The number of allylic oxidation sites excluding steroid dienone is 2. The van der Waals surface area contributed by atoms with E-state index >= 15 is 0 Å². The van der Waals surface area contributed by atoms with E-state index in [0.717, 1.165) is 12.8 Å². The molecule has 17 heavy (non-hydrogen) atoms. The first-order valence-corrected chi connectivity index (χ1v) is 6.08. The van der Waals surface area contributed by atoms with E-state index in [2.05, 4.69) is 32.7 Å². The van der Waals surface area contributed by atoms with Crippen LogP contribution in [-0.2, 0) is 4.79 Å². The molecule has 5 heteroatoms. The van der Waals surface area contributed by atoms with E-state index in [9.17, 15) is 4.79 Å². The molecule has 2 N–H and O–H groups in total. The Balaban J connectivity index is 1.62. The fraction of sp³-hybridized carbons (Fsp3) is 0.583. The lowest BCUT2D eigenvalue weighted by Crippen LogP contribution is -2.35. The summed E-state index contributed by atoms with van der Waals surface area (Å²) >= 11 is 0. The summed E-state index contributed by atoms with van der Waals surface area (Å²) < 4.78 is 0. The van der Waals surface area contributed by atoms with Crippen LogP contribution in [0.3, 0.4) is 0 Å². The van der Waals surface area contributed by atoms with Gasteiger partial charge in [0.05, 0.1) is 6.04 Å². The summed E-state index contributed by atoms with van der Waals surface area (Å²) in [7, 11) is 0. The molecule has 90 valence electrons. The van der Waals surface area contributed by atoms with Gasteiger partial charge in [0.1, 0.15) is 12.2 Å². The summed E-state index contributed by atoms with van der Waals surface area (Å²) in [5, 5.41) is 9.57. The van der Waals surface area contributed by atoms with Crippen LogP contribution in [0.25, 0.3) is 0 Å². The Labute approximate surface area is 99.7 Å². The molecule has 2 aliphatic rings. The van der Waals surface area contributed by atoms with Gasteiger partial charge in [-0.05, 0) is 31.6 Å². The van der Waals surface area contributed by atoms with Crippen molar-refractivity contribution in [2.24, 2.45) is 17.8 Å². The van der Waals surface area contributed by atoms with Gasteiger partial charge in [0, 0.05) is 5.92 Å². The fourth-order valence-corrected chi connectivity index (χ4v) is 2.89. The maximum absolute atomic E-state index is 12.1. The van der Waals surface area contributed by atoms with Gasteiger partial charge in [0.2, 0.25) is 5.91 Å². The van der Waals surface area contributed by atoms with Crippen molar-refractivity contribution in [3.05, 3.63) is 24.3 Å². The van der Waals surface area contributed by atoms with Crippen LogP contribution in [0.2, 0.25) is 0 Å². The van der Waals surface area contributed by atoms with Crippen molar-refractivity contribution in [2.75, 3.05) is 0 Å². The summed E-state index contributed by atoms with van der Waals surface area (Å²) in [4.78, 5) is 16.2. The molecule has 4 atom stereocenters. The lowest BCUT2D eigenvalue weighted by atomic mass is 9.92. The summed E-state index contributed by atoms with van der Waals surface area (Å²) in [5.41, 5.74) is 0. The number of nitrogens with one attached hydrogen (secondary N) is 2. The first-order chi connectivity index (χ1) is 8.24. The average molecular weight is 232 g/mol. The Kier molecular flexibility index (Phi) is 2.46. The van der Waals surface area contributed by atoms with E-state index in [1.807, 2.05) is 6.92 Å². The minimum absolute atomic E-state index is 0.104. The third kappa shape index (κ3) is 1.85. The minimum Gasteiger partial charge on any atom is -0.346 e. The zero-order valence-electron chi connectivity index (χ0n) is 9.76. The molecule has 1 fully saturated rings. The number of hydrogen-bond acceptors (Lipinski definition) is 3. The number of hydrogen-bond donors (Lipinski definition) is 2. The molecule has 1 aromatic heterocycles. The zero-order valence-corrected chi connectivity index (χ0v) is 9.76. The Hall–Kier alpha value is -1.65. The van der Waals surface area contributed by atoms with E-state index in [1.165, 1.54) is 6.33 Å². The van der Waals surface area contributed by atoms with Crippen molar-refractivity contribution in [3.8, 4) is 0 Å². The SMILES string of the molecule is CC(NC(=O)C1CC2C=CC1C2)c1ncn[nH]1. The molecule has 2 aliphatic carbocycles. The van der Waals surface area contributed by atoms with E-state index in [0.29, 0.717) is 17.7 Å². The molecule has 1 aromatic rings. The van der Waals surface area contributed by atoms with Crippen LogP contribution in [0.1, 0.15) is 31.6 Å². The maximum Gasteiger partial charge on any atom is 0.224 e. The van der Waals surface area contributed by atoms with Crippen molar-refractivity contribution >= 4 is 5.91 Å². The van der Waals surface area contributed by atoms with Gasteiger partial charge in [0.25, 0.3) is 0 Å². The van der Waals surface area contributed by atoms with Gasteiger partial charge in [0.15, 0.2) is 0 Å². The standard InChI is InChI=1S/C12H16N4O/c1-7(11-13-6-14-16-11)15-12(17)10-5-8-2-3-9(10)4-8/h2-3,6-10H,4-5H2,1H3,(H,15,17)(H,13,14,16). The summed E-state index contributed by atoms with van der Waals surface area (Å²) in [6, 6.07) is -0.104. The predicted molar refractivity (Wildman–Crippen MR) is 61.8 cm³/mol. The highest BCUT2D eigenvalue weighted by Gasteiger charge is 2.40. The number of fused-ring (bicyclic) bond motifs is 2. The number of amides is 1. The van der Waals surface area contributed by atoms with Crippen LogP contribution in [0.5, 0.6) is 0 Å². The summed E-state index contributed by atoms with van der Waals surface area (Å²) in [5.74, 6) is 2.07. The Morgan fingerprint density at radius 2 is 2.41 bits per heavy atom. The second-order valence-corrected chi connectivity index (χ2v) is 4.99. The van der Waals surface area contributed by atoms with Crippen LogP contribution >= 0.6 is 0 Å². The molecule has 2 bridgehead atoms. The van der Waals surface area contributed by atoms with E-state index in [1.54, 1.807) is 0 Å². The first kappa shape index (κ1) is 10.5. The van der Waals surface area contributed by atoms with Gasteiger partial charge in [-0.25, -0.2) is 4.98 Å². The van der Waals surface area contributed by atoms with Gasteiger partial charge in [-0.1, -0.05) is 12.2 Å². The van der Waals surface area contributed by atoms with Gasteiger partial charge in [-0.2, -0.15) is 5.10 Å². The number of nitrogens with zero attached hydrogens (tertiary/aromatic N) is 2. The monoisotopic (exact) mass is 232 g/mol. The maximum atomic E-state index is 12.1. The highest BCUT2D eigenvalue weighted by atomic mass is 16.2.